The number of benzene rings is 1. The maximum absolute atomic E-state index is 13.7. The van der Waals surface area contributed by atoms with Gasteiger partial charge in [0.25, 0.3) is 0 Å². The highest BCUT2D eigenvalue weighted by Crippen LogP contribution is 2.29. The van der Waals surface area contributed by atoms with Gasteiger partial charge in [-0.1, -0.05) is 37.5 Å². The number of carbonyl (C=O) groups is 3. The molecule has 35 heavy (non-hydrogen) atoms. The SMILES string of the molecule is Cc1cccc(C)c1C(C(=O)NC1CCCCC1)N(CC#N)C(=O)C(CO)NC(=O)OC(C)(C)C. The van der Waals surface area contributed by atoms with Gasteiger partial charge in [0.15, 0.2) is 0 Å². The molecule has 0 heterocycles. The van der Waals surface area contributed by atoms with Gasteiger partial charge < -0.3 is 25.4 Å². The van der Waals surface area contributed by atoms with E-state index in [2.05, 4.69) is 10.6 Å². The van der Waals surface area contributed by atoms with Crippen LogP contribution in [0.4, 0.5) is 4.79 Å². The summed E-state index contributed by atoms with van der Waals surface area (Å²) in [6.45, 7) is 7.61. The molecule has 0 aliphatic heterocycles. The second-order valence-electron chi connectivity index (χ2n) is 10.1. The third kappa shape index (κ3) is 7.96. The average Bonchev–Trinajstić information content (AvgIpc) is 2.78. The Hall–Kier alpha value is -3.12. The minimum atomic E-state index is -1.38. The summed E-state index contributed by atoms with van der Waals surface area (Å²) >= 11 is 0. The minimum Gasteiger partial charge on any atom is -0.444 e. The normalized spacial score (nSPS) is 15.9. The number of hydrogen-bond donors (Lipinski definition) is 3. The number of aliphatic hydroxyl groups is 1. The van der Waals surface area contributed by atoms with Crippen molar-refractivity contribution in [3.05, 3.63) is 34.9 Å². The van der Waals surface area contributed by atoms with Crippen molar-refractivity contribution in [2.75, 3.05) is 13.2 Å². The van der Waals surface area contributed by atoms with Crippen molar-refractivity contribution >= 4 is 17.9 Å². The summed E-state index contributed by atoms with van der Waals surface area (Å²) in [5.41, 5.74) is 1.41. The number of amides is 3. The Morgan fingerprint density at radius 1 is 1.17 bits per heavy atom. The highest BCUT2D eigenvalue weighted by molar-refractivity contribution is 5.93. The van der Waals surface area contributed by atoms with Gasteiger partial charge in [0.05, 0.1) is 12.7 Å². The van der Waals surface area contributed by atoms with Crippen molar-refractivity contribution in [3.8, 4) is 6.07 Å². The summed E-state index contributed by atoms with van der Waals surface area (Å²) < 4.78 is 5.22. The van der Waals surface area contributed by atoms with Gasteiger partial charge in [-0.2, -0.15) is 5.26 Å². The van der Waals surface area contributed by atoms with Crippen LogP contribution in [0.1, 0.15) is 75.6 Å². The second kappa shape index (κ2) is 12.5. The third-order valence-corrected chi connectivity index (χ3v) is 6.02. The molecule has 1 fully saturated rings. The number of ether oxygens (including phenoxy) is 1. The number of nitrogens with zero attached hydrogens (tertiary/aromatic N) is 2. The summed E-state index contributed by atoms with van der Waals surface area (Å²) in [4.78, 5) is 40.7. The van der Waals surface area contributed by atoms with E-state index in [1.54, 1.807) is 20.8 Å². The van der Waals surface area contributed by atoms with Crippen LogP contribution in [-0.4, -0.2) is 58.8 Å². The maximum Gasteiger partial charge on any atom is 0.408 e. The molecule has 1 aromatic carbocycles. The Balaban J connectivity index is 2.44. The molecular formula is C26H38N4O5. The molecule has 0 radical (unpaired) electrons. The first-order valence-electron chi connectivity index (χ1n) is 12.1. The van der Waals surface area contributed by atoms with Crippen LogP contribution < -0.4 is 10.6 Å². The zero-order valence-electron chi connectivity index (χ0n) is 21.4. The highest BCUT2D eigenvalue weighted by Gasteiger charge is 2.38. The van der Waals surface area contributed by atoms with E-state index in [0.29, 0.717) is 5.56 Å². The molecule has 0 spiro atoms. The van der Waals surface area contributed by atoms with E-state index in [9.17, 15) is 24.8 Å². The van der Waals surface area contributed by atoms with Crippen LogP contribution in [0.2, 0.25) is 0 Å². The van der Waals surface area contributed by atoms with Gasteiger partial charge in [0, 0.05) is 6.04 Å². The highest BCUT2D eigenvalue weighted by atomic mass is 16.6. The lowest BCUT2D eigenvalue weighted by Gasteiger charge is -2.35. The first kappa shape index (κ1) is 28.1. The molecule has 0 bridgehead atoms. The van der Waals surface area contributed by atoms with E-state index < -0.39 is 42.8 Å². The molecule has 2 unspecified atom stereocenters. The smallest absolute Gasteiger partial charge is 0.408 e. The molecule has 0 saturated heterocycles. The van der Waals surface area contributed by atoms with Gasteiger partial charge in [-0.05, 0) is 64.2 Å². The van der Waals surface area contributed by atoms with E-state index in [1.807, 2.05) is 38.1 Å². The minimum absolute atomic E-state index is 0.00404. The van der Waals surface area contributed by atoms with E-state index in [0.717, 1.165) is 48.1 Å². The van der Waals surface area contributed by atoms with E-state index in [4.69, 9.17) is 4.74 Å². The zero-order chi connectivity index (χ0) is 26.2. The van der Waals surface area contributed by atoms with E-state index >= 15 is 0 Å². The molecule has 1 aliphatic carbocycles. The van der Waals surface area contributed by atoms with Crippen molar-refractivity contribution in [3.63, 3.8) is 0 Å². The molecule has 1 saturated carbocycles. The van der Waals surface area contributed by atoms with Gasteiger partial charge in [0.2, 0.25) is 11.8 Å². The Kier molecular flexibility index (Phi) is 10.1. The van der Waals surface area contributed by atoms with Gasteiger partial charge in [-0.15, -0.1) is 0 Å². The summed E-state index contributed by atoms with van der Waals surface area (Å²) in [6, 6.07) is 5.04. The lowest BCUT2D eigenvalue weighted by molar-refractivity contribution is -0.142. The Labute approximate surface area is 207 Å². The number of rotatable bonds is 8. The monoisotopic (exact) mass is 486 g/mol. The van der Waals surface area contributed by atoms with Crippen LogP contribution in [-0.2, 0) is 14.3 Å². The summed E-state index contributed by atoms with van der Waals surface area (Å²) in [5.74, 6) is -1.13. The Morgan fingerprint density at radius 3 is 2.29 bits per heavy atom. The molecule has 1 aliphatic rings. The fourth-order valence-corrected chi connectivity index (χ4v) is 4.42. The van der Waals surface area contributed by atoms with Crippen LogP contribution >= 0.6 is 0 Å². The molecule has 192 valence electrons. The third-order valence-electron chi connectivity index (χ3n) is 6.02. The van der Waals surface area contributed by atoms with Gasteiger partial charge >= 0.3 is 6.09 Å². The molecule has 3 N–H and O–H groups in total. The standard InChI is InChI=1S/C26H38N4O5/c1-17-10-9-11-18(2)21(17)22(23(32)28-19-12-7-6-8-13-19)30(15-14-27)24(33)20(16-31)29-25(34)35-26(3,4)5/h9-11,19-20,22,31H,6-8,12-13,15-16H2,1-5H3,(H,28,32)(H,29,34). The maximum atomic E-state index is 13.7. The Bertz CT molecular complexity index is 924. The first-order valence-corrected chi connectivity index (χ1v) is 12.1. The Morgan fingerprint density at radius 2 is 1.77 bits per heavy atom. The van der Waals surface area contributed by atoms with Crippen molar-refractivity contribution in [1.29, 1.82) is 5.26 Å². The number of nitrogens with one attached hydrogen (secondary N) is 2. The van der Waals surface area contributed by atoms with Crippen LogP contribution in [0.5, 0.6) is 0 Å². The first-order chi connectivity index (χ1) is 16.5. The van der Waals surface area contributed by atoms with Gasteiger partial charge in [0.1, 0.15) is 24.2 Å². The molecule has 0 aromatic heterocycles. The predicted octanol–water partition coefficient (Wildman–Crippen LogP) is 3.03. The van der Waals surface area contributed by atoms with Crippen molar-refractivity contribution in [2.24, 2.45) is 0 Å². The van der Waals surface area contributed by atoms with Crippen molar-refractivity contribution in [2.45, 2.75) is 90.4 Å². The largest absolute Gasteiger partial charge is 0.444 e. The number of nitriles is 1. The molecule has 1 aromatic rings. The average molecular weight is 487 g/mol. The van der Waals surface area contributed by atoms with Crippen LogP contribution in [0, 0.1) is 25.2 Å². The van der Waals surface area contributed by atoms with Crippen molar-refractivity contribution < 1.29 is 24.2 Å². The molecule has 9 nitrogen and oxygen atoms in total. The zero-order valence-corrected chi connectivity index (χ0v) is 21.4. The van der Waals surface area contributed by atoms with Crippen LogP contribution in [0.25, 0.3) is 0 Å². The summed E-state index contributed by atoms with van der Waals surface area (Å²) in [5, 5.41) is 24.9. The van der Waals surface area contributed by atoms with Crippen molar-refractivity contribution in [1.82, 2.24) is 15.5 Å². The van der Waals surface area contributed by atoms with E-state index in [-0.39, 0.29) is 11.9 Å². The molecule has 3 amide bonds. The summed E-state index contributed by atoms with van der Waals surface area (Å²) in [7, 11) is 0. The number of hydrogen-bond acceptors (Lipinski definition) is 6. The molecule has 2 rings (SSSR count). The predicted molar refractivity (Wildman–Crippen MR) is 131 cm³/mol. The topological polar surface area (TPSA) is 132 Å². The fourth-order valence-electron chi connectivity index (χ4n) is 4.42. The molecule has 9 heteroatoms. The van der Waals surface area contributed by atoms with Gasteiger partial charge in [-0.3, -0.25) is 9.59 Å². The number of aryl methyl sites for hydroxylation is 2. The lowest BCUT2D eigenvalue weighted by atomic mass is 9.92. The number of aliphatic hydroxyl groups excluding tert-OH is 1. The lowest BCUT2D eigenvalue weighted by Crippen LogP contribution is -2.55. The number of carbonyl (C=O) groups excluding carboxylic acids is 3. The van der Waals surface area contributed by atoms with E-state index in [1.165, 1.54) is 0 Å². The molecular weight excluding hydrogens is 448 g/mol. The summed E-state index contributed by atoms with van der Waals surface area (Å²) in [6.07, 6.45) is 4.00. The van der Waals surface area contributed by atoms with Crippen LogP contribution in [0.3, 0.4) is 0 Å². The van der Waals surface area contributed by atoms with Gasteiger partial charge in [-0.25, -0.2) is 4.79 Å². The second-order valence-corrected chi connectivity index (χ2v) is 10.1. The molecule has 2 atom stereocenters. The quantitative estimate of drug-likeness (QED) is 0.484. The fraction of sp³-hybridized carbons (Fsp3) is 0.615. The number of alkyl carbamates (subject to hydrolysis) is 1. The van der Waals surface area contributed by atoms with Crippen LogP contribution in [0.15, 0.2) is 18.2 Å².